The number of nitrogens with two attached hydrogens (primary N) is 1. The lowest BCUT2D eigenvalue weighted by molar-refractivity contribution is 0.0556. The average molecular weight is 248 g/mol. The van der Waals surface area contributed by atoms with E-state index in [1.54, 1.807) is 18.2 Å². The third-order valence-corrected chi connectivity index (χ3v) is 3.10. The standard InChI is InChI=1S/C11H15Cl2NO/c1-11(2,6-14)10(15)8-5-7(12)3-4-9(8)13/h3-5,10,15H,6,14H2,1-2H3. The van der Waals surface area contributed by atoms with Crippen LogP contribution in [0.3, 0.4) is 0 Å². The van der Waals surface area contributed by atoms with Gasteiger partial charge in [0, 0.05) is 27.6 Å². The highest BCUT2D eigenvalue weighted by Crippen LogP contribution is 2.36. The van der Waals surface area contributed by atoms with Gasteiger partial charge in [0.05, 0.1) is 6.10 Å². The molecule has 0 aromatic heterocycles. The van der Waals surface area contributed by atoms with E-state index in [0.717, 1.165) is 0 Å². The van der Waals surface area contributed by atoms with E-state index in [2.05, 4.69) is 0 Å². The summed E-state index contributed by atoms with van der Waals surface area (Å²) in [7, 11) is 0. The minimum Gasteiger partial charge on any atom is -0.388 e. The molecule has 1 aromatic rings. The van der Waals surface area contributed by atoms with Crippen LogP contribution in [0.4, 0.5) is 0 Å². The second-order valence-electron chi connectivity index (χ2n) is 4.26. The molecule has 1 atom stereocenters. The zero-order chi connectivity index (χ0) is 11.6. The van der Waals surface area contributed by atoms with Gasteiger partial charge in [0.1, 0.15) is 0 Å². The molecule has 0 bridgehead atoms. The summed E-state index contributed by atoms with van der Waals surface area (Å²) in [5.41, 5.74) is 5.80. The maximum Gasteiger partial charge on any atom is 0.0867 e. The molecule has 0 amide bonds. The fraction of sp³-hybridized carbons (Fsp3) is 0.455. The van der Waals surface area contributed by atoms with Crippen molar-refractivity contribution in [3.8, 4) is 0 Å². The molecule has 1 aromatic carbocycles. The second-order valence-corrected chi connectivity index (χ2v) is 5.10. The number of aliphatic hydroxyl groups excluding tert-OH is 1. The van der Waals surface area contributed by atoms with Gasteiger partial charge >= 0.3 is 0 Å². The zero-order valence-corrected chi connectivity index (χ0v) is 10.3. The number of hydrogen-bond donors (Lipinski definition) is 2. The molecule has 2 nitrogen and oxygen atoms in total. The molecule has 84 valence electrons. The highest BCUT2D eigenvalue weighted by molar-refractivity contribution is 6.33. The minimum atomic E-state index is -0.714. The van der Waals surface area contributed by atoms with Crippen LogP contribution in [0.25, 0.3) is 0 Å². The highest BCUT2D eigenvalue weighted by Gasteiger charge is 2.29. The highest BCUT2D eigenvalue weighted by atomic mass is 35.5. The molecule has 0 saturated carbocycles. The fourth-order valence-electron chi connectivity index (χ4n) is 1.26. The van der Waals surface area contributed by atoms with Crippen molar-refractivity contribution in [2.24, 2.45) is 11.1 Å². The van der Waals surface area contributed by atoms with Crippen molar-refractivity contribution in [1.82, 2.24) is 0 Å². The molecule has 1 rings (SSSR count). The molecule has 3 N–H and O–H groups in total. The maximum atomic E-state index is 10.1. The van der Waals surface area contributed by atoms with Crippen LogP contribution < -0.4 is 5.73 Å². The van der Waals surface area contributed by atoms with Crippen LogP contribution in [-0.4, -0.2) is 11.7 Å². The molecule has 15 heavy (non-hydrogen) atoms. The predicted molar refractivity (Wildman–Crippen MR) is 64.3 cm³/mol. The molecule has 0 aliphatic carbocycles. The van der Waals surface area contributed by atoms with E-state index in [9.17, 15) is 5.11 Å². The Kier molecular flexibility index (Phi) is 4.01. The van der Waals surface area contributed by atoms with Crippen molar-refractivity contribution in [2.45, 2.75) is 20.0 Å². The Morgan fingerprint density at radius 2 is 2.00 bits per heavy atom. The summed E-state index contributed by atoms with van der Waals surface area (Å²) >= 11 is 11.8. The first-order valence-corrected chi connectivity index (χ1v) is 5.47. The van der Waals surface area contributed by atoms with E-state index in [0.29, 0.717) is 22.2 Å². The number of halogens is 2. The van der Waals surface area contributed by atoms with Crippen LogP contribution in [0.5, 0.6) is 0 Å². The van der Waals surface area contributed by atoms with Gasteiger partial charge in [0.25, 0.3) is 0 Å². The fourth-order valence-corrected chi connectivity index (χ4v) is 1.66. The summed E-state index contributed by atoms with van der Waals surface area (Å²) in [5, 5.41) is 11.2. The summed E-state index contributed by atoms with van der Waals surface area (Å²) in [6.45, 7) is 4.14. The Labute approximate surface area is 100.0 Å². The van der Waals surface area contributed by atoms with E-state index < -0.39 is 11.5 Å². The molecular formula is C11H15Cl2NO. The number of benzene rings is 1. The Bertz CT molecular complexity index is 352. The molecular weight excluding hydrogens is 233 g/mol. The minimum absolute atomic E-state index is 0.372. The average Bonchev–Trinajstić information content (AvgIpc) is 2.20. The van der Waals surface area contributed by atoms with Crippen LogP contribution in [0.2, 0.25) is 10.0 Å². The van der Waals surface area contributed by atoms with Crippen molar-refractivity contribution in [2.75, 3.05) is 6.54 Å². The van der Waals surface area contributed by atoms with Crippen molar-refractivity contribution in [3.63, 3.8) is 0 Å². The molecule has 0 fully saturated rings. The third-order valence-electron chi connectivity index (χ3n) is 2.52. The smallest absolute Gasteiger partial charge is 0.0867 e. The van der Waals surface area contributed by atoms with Gasteiger partial charge in [0.15, 0.2) is 0 Å². The molecule has 0 aliphatic heterocycles. The van der Waals surface area contributed by atoms with Gasteiger partial charge in [-0.3, -0.25) is 0 Å². The van der Waals surface area contributed by atoms with Crippen LogP contribution >= 0.6 is 23.2 Å². The number of hydrogen-bond acceptors (Lipinski definition) is 2. The molecule has 0 aliphatic rings. The van der Waals surface area contributed by atoms with Crippen molar-refractivity contribution in [3.05, 3.63) is 33.8 Å². The molecule has 4 heteroatoms. The summed E-state index contributed by atoms with van der Waals surface area (Å²) in [6, 6.07) is 5.04. The third kappa shape index (κ3) is 2.85. The Hall–Kier alpha value is -0.280. The number of rotatable bonds is 3. The topological polar surface area (TPSA) is 46.2 Å². The number of aliphatic hydroxyl groups is 1. The lowest BCUT2D eigenvalue weighted by Gasteiger charge is -2.29. The summed E-state index contributed by atoms with van der Waals surface area (Å²) < 4.78 is 0. The molecule has 1 unspecified atom stereocenters. The summed E-state index contributed by atoms with van der Waals surface area (Å²) in [5.74, 6) is 0. The van der Waals surface area contributed by atoms with Gasteiger partial charge in [-0.1, -0.05) is 37.0 Å². The van der Waals surface area contributed by atoms with Crippen molar-refractivity contribution < 1.29 is 5.11 Å². The van der Waals surface area contributed by atoms with Gasteiger partial charge in [-0.05, 0) is 18.2 Å². The monoisotopic (exact) mass is 247 g/mol. The van der Waals surface area contributed by atoms with Crippen molar-refractivity contribution >= 4 is 23.2 Å². The van der Waals surface area contributed by atoms with Gasteiger partial charge in [-0.15, -0.1) is 0 Å². The normalized spacial score (nSPS) is 14.0. The lowest BCUT2D eigenvalue weighted by atomic mass is 9.83. The Balaban J connectivity index is 3.10. The summed E-state index contributed by atoms with van der Waals surface area (Å²) in [6.07, 6.45) is -0.714. The first kappa shape index (κ1) is 12.8. The first-order valence-electron chi connectivity index (χ1n) is 4.71. The maximum absolute atomic E-state index is 10.1. The van der Waals surface area contributed by atoms with Crippen LogP contribution in [0, 0.1) is 5.41 Å². The molecule has 0 radical (unpaired) electrons. The van der Waals surface area contributed by atoms with E-state index >= 15 is 0 Å². The molecule has 0 spiro atoms. The lowest BCUT2D eigenvalue weighted by Crippen LogP contribution is -2.30. The Morgan fingerprint density at radius 3 is 2.53 bits per heavy atom. The van der Waals surface area contributed by atoms with Gasteiger partial charge < -0.3 is 10.8 Å². The van der Waals surface area contributed by atoms with Gasteiger partial charge in [-0.2, -0.15) is 0 Å². The van der Waals surface area contributed by atoms with Crippen LogP contribution in [-0.2, 0) is 0 Å². The first-order chi connectivity index (χ1) is 6.88. The second kappa shape index (κ2) is 4.71. The quantitative estimate of drug-likeness (QED) is 0.863. The van der Waals surface area contributed by atoms with E-state index in [4.69, 9.17) is 28.9 Å². The van der Waals surface area contributed by atoms with Crippen molar-refractivity contribution in [1.29, 1.82) is 0 Å². The molecule has 0 heterocycles. The SMILES string of the molecule is CC(C)(CN)C(O)c1cc(Cl)ccc1Cl. The van der Waals surface area contributed by atoms with Crippen LogP contribution in [0.1, 0.15) is 25.5 Å². The largest absolute Gasteiger partial charge is 0.388 e. The van der Waals surface area contributed by atoms with Crippen LogP contribution in [0.15, 0.2) is 18.2 Å². The van der Waals surface area contributed by atoms with Gasteiger partial charge in [0.2, 0.25) is 0 Å². The van der Waals surface area contributed by atoms with E-state index in [1.165, 1.54) is 0 Å². The van der Waals surface area contributed by atoms with E-state index in [-0.39, 0.29) is 0 Å². The van der Waals surface area contributed by atoms with Gasteiger partial charge in [-0.25, -0.2) is 0 Å². The van der Waals surface area contributed by atoms with E-state index in [1.807, 2.05) is 13.8 Å². The molecule has 0 saturated heterocycles. The summed E-state index contributed by atoms with van der Waals surface area (Å²) in [4.78, 5) is 0. The predicted octanol–water partition coefficient (Wildman–Crippen LogP) is 3.01. The zero-order valence-electron chi connectivity index (χ0n) is 8.80. The Morgan fingerprint density at radius 1 is 1.40 bits per heavy atom.